The molecule has 1 unspecified atom stereocenters. The molecule has 0 heterocycles. The molecule has 0 aliphatic rings. The first-order valence-corrected chi connectivity index (χ1v) is 10.5. The third-order valence-corrected chi connectivity index (χ3v) is 4.98. The fourth-order valence-corrected chi connectivity index (χ4v) is 3.12. The van der Waals surface area contributed by atoms with Crippen LogP contribution in [0.4, 0.5) is 0 Å². The van der Waals surface area contributed by atoms with Gasteiger partial charge >= 0.3 is 5.97 Å². The summed E-state index contributed by atoms with van der Waals surface area (Å²) in [7, 11) is 0. The molecule has 0 aliphatic carbocycles. The second-order valence-corrected chi connectivity index (χ2v) is 7.63. The van der Waals surface area contributed by atoms with Crippen molar-refractivity contribution in [1.29, 1.82) is 0 Å². The summed E-state index contributed by atoms with van der Waals surface area (Å²) in [4.78, 5) is 10.8. The van der Waals surface area contributed by atoms with Crippen LogP contribution in [0.15, 0.2) is 0 Å². The number of carbonyl (C=O) groups is 1. The molecule has 0 aromatic heterocycles. The molecule has 0 saturated heterocycles. The second kappa shape index (κ2) is 19.2. The van der Waals surface area contributed by atoms with Crippen LogP contribution < -0.4 is 0 Å². The molecule has 145 valence electrons. The van der Waals surface area contributed by atoms with E-state index in [2.05, 4.69) is 6.92 Å². The van der Waals surface area contributed by atoms with E-state index in [1.165, 1.54) is 90.4 Å². The molecule has 0 bridgehead atoms. The van der Waals surface area contributed by atoms with Gasteiger partial charge in [0.25, 0.3) is 0 Å². The summed E-state index contributed by atoms with van der Waals surface area (Å²) < 4.78 is 0. The Morgan fingerprint density at radius 3 is 1.24 bits per heavy atom. The minimum atomic E-state index is -1.55. The van der Waals surface area contributed by atoms with Crippen LogP contribution in [0.25, 0.3) is 0 Å². The number of carboxylic acids is 1. The zero-order chi connectivity index (χ0) is 18.1. The van der Waals surface area contributed by atoms with Gasteiger partial charge in [0.1, 0.15) is 0 Å². The van der Waals surface area contributed by atoms with Gasteiger partial charge in [0, 0.05) is 29.6 Å². The van der Waals surface area contributed by atoms with Crippen LogP contribution in [0, 0.1) is 0 Å². The minimum absolute atomic E-state index is 0. The summed E-state index contributed by atoms with van der Waals surface area (Å²) in [5.74, 6) is -1.11. The van der Waals surface area contributed by atoms with E-state index in [1.807, 2.05) is 0 Å². The summed E-state index contributed by atoms with van der Waals surface area (Å²) in [6.45, 7) is 3.66. The number of carboxylic acid groups (broad SMARTS) is 1. The van der Waals surface area contributed by atoms with Crippen molar-refractivity contribution >= 4 is 35.5 Å². The minimum Gasteiger partial charge on any atom is -0.479 e. The number of rotatable bonds is 18. The van der Waals surface area contributed by atoms with Crippen molar-refractivity contribution in [1.82, 2.24) is 0 Å². The monoisotopic (exact) mass is 365 g/mol. The molecule has 0 aromatic rings. The fourth-order valence-electron chi connectivity index (χ4n) is 3.12. The van der Waals surface area contributed by atoms with Crippen LogP contribution in [0.3, 0.4) is 0 Å². The quantitative estimate of drug-likeness (QED) is 0.228. The third kappa shape index (κ3) is 19.0. The van der Waals surface area contributed by atoms with Crippen molar-refractivity contribution in [2.75, 3.05) is 0 Å². The number of aliphatic carboxylic acids is 1. The van der Waals surface area contributed by atoms with E-state index >= 15 is 0 Å². The maximum Gasteiger partial charge on any atom is 0.335 e. The molecular weight excluding hydrogens is 323 g/mol. The summed E-state index contributed by atoms with van der Waals surface area (Å²) in [5.41, 5.74) is -1.55. The Morgan fingerprint density at radius 1 is 0.680 bits per heavy atom. The van der Waals surface area contributed by atoms with Crippen LogP contribution in [-0.2, 0) is 4.79 Å². The molecule has 1 radical (unpaired) electrons. The Kier molecular flexibility index (Phi) is 21.2. The van der Waals surface area contributed by atoms with E-state index < -0.39 is 11.6 Å². The number of hydrogen-bond acceptors (Lipinski definition) is 2. The van der Waals surface area contributed by atoms with Crippen LogP contribution >= 0.6 is 0 Å². The van der Waals surface area contributed by atoms with E-state index in [1.54, 1.807) is 0 Å². The van der Waals surface area contributed by atoms with Crippen molar-refractivity contribution in [3.63, 3.8) is 0 Å². The first-order chi connectivity index (χ1) is 11.5. The molecule has 0 aromatic carbocycles. The van der Waals surface area contributed by atoms with Crippen molar-refractivity contribution in [2.45, 2.75) is 129 Å². The average Bonchev–Trinajstić information content (AvgIpc) is 2.54. The molecule has 1 atom stereocenters. The Bertz CT molecular complexity index is 293. The van der Waals surface area contributed by atoms with Gasteiger partial charge in [0.05, 0.1) is 0 Å². The van der Waals surface area contributed by atoms with E-state index in [-0.39, 0.29) is 29.6 Å². The van der Waals surface area contributed by atoms with Gasteiger partial charge in [-0.15, -0.1) is 0 Å². The topological polar surface area (TPSA) is 57.5 Å². The van der Waals surface area contributed by atoms with Gasteiger partial charge in [-0.2, -0.15) is 0 Å². The van der Waals surface area contributed by atoms with Crippen molar-refractivity contribution < 1.29 is 15.0 Å². The standard InChI is InChI=1S/C21H42O3.Na/c1-3-4-5-6-7-8-9-10-11-12-13-14-15-16-17-18-19-21(2,24)20(22)23;/h24H,3-19H2,1-2H3,(H,22,23);. The number of hydrogen-bond donors (Lipinski definition) is 2. The summed E-state index contributed by atoms with van der Waals surface area (Å²) in [6, 6.07) is 0. The smallest absolute Gasteiger partial charge is 0.335 e. The summed E-state index contributed by atoms with van der Waals surface area (Å²) in [6.07, 6.45) is 21.2. The average molecular weight is 366 g/mol. The molecule has 0 amide bonds. The summed E-state index contributed by atoms with van der Waals surface area (Å²) in [5, 5.41) is 18.4. The summed E-state index contributed by atoms with van der Waals surface area (Å²) >= 11 is 0. The first kappa shape index (κ1) is 27.6. The van der Waals surface area contributed by atoms with Crippen LogP contribution in [0.1, 0.15) is 123 Å². The van der Waals surface area contributed by atoms with E-state index in [9.17, 15) is 9.90 Å². The van der Waals surface area contributed by atoms with Gasteiger partial charge < -0.3 is 10.2 Å². The van der Waals surface area contributed by atoms with Gasteiger partial charge in [-0.25, -0.2) is 4.79 Å². The molecule has 0 rings (SSSR count). The van der Waals surface area contributed by atoms with Crippen LogP contribution in [-0.4, -0.2) is 51.3 Å². The fraction of sp³-hybridized carbons (Fsp3) is 0.952. The van der Waals surface area contributed by atoms with E-state index in [4.69, 9.17) is 5.11 Å². The van der Waals surface area contributed by atoms with Crippen molar-refractivity contribution in [2.24, 2.45) is 0 Å². The number of aliphatic hydroxyl groups is 1. The Balaban J connectivity index is 0. The maximum absolute atomic E-state index is 10.8. The van der Waals surface area contributed by atoms with Crippen LogP contribution in [0.2, 0.25) is 0 Å². The van der Waals surface area contributed by atoms with E-state index in [0.29, 0.717) is 6.42 Å². The second-order valence-electron chi connectivity index (χ2n) is 7.63. The van der Waals surface area contributed by atoms with Crippen molar-refractivity contribution in [3.05, 3.63) is 0 Å². The van der Waals surface area contributed by atoms with Gasteiger partial charge in [-0.05, 0) is 19.8 Å². The Morgan fingerprint density at radius 2 is 0.960 bits per heavy atom. The Labute approximate surface area is 178 Å². The predicted molar refractivity (Wildman–Crippen MR) is 108 cm³/mol. The van der Waals surface area contributed by atoms with Crippen molar-refractivity contribution in [3.8, 4) is 0 Å². The Hall–Kier alpha value is 0.430. The first-order valence-electron chi connectivity index (χ1n) is 10.5. The molecular formula is C21H42NaO3. The van der Waals surface area contributed by atoms with E-state index in [0.717, 1.165) is 19.3 Å². The molecule has 4 heteroatoms. The molecule has 3 nitrogen and oxygen atoms in total. The SMILES string of the molecule is CCCCCCCCCCCCCCCCCCC(C)(O)C(=O)O.[Na]. The molecule has 2 N–H and O–H groups in total. The molecule has 0 fully saturated rings. The van der Waals surface area contributed by atoms with Gasteiger partial charge in [-0.3, -0.25) is 0 Å². The molecule has 25 heavy (non-hydrogen) atoms. The van der Waals surface area contributed by atoms with Gasteiger partial charge in [-0.1, -0.05) is 103 Å². The van der Waals surface area contributed by atoms with Gasteiger partial charge in [0.15, 0.2) is 5.60 Å². The zero-order valence-corrected chi connectivity index (χ0v) is 19.3. The number of unbranched alkanes of at least 4 members (excludes halogenated alkanes) is 15. The third-order valence-electron chi connectivity index (χ3n) is 4.98. The molecule has 0 saturated carbocycles. The largest absolute Gasteiger partial charge is 0.479 e. The zero-order valence-electron chi connectivity index (χ0n) is 17.3. The normalized spacial score (nSPS) is 13.2. The molecule has 0 aliphatic heterocycles. The van der Waals surface area contributed by atoms with Crippen LogP contribution in [0.5, 0.6) is 0 Å². The molecule has 0 spiro atoms. The maximum atomic E-state index is 10.8. The van der Waals surface area contributed by atoms with Gasteiger partial charge in [0.2, 0.25) is 0 Å². The predicted octanol–water partition coefficient (Wildman–Crippen LogP) is 6.09.